The van der Waals surface area contributed by atoms with Crippen molar-refractivity contribution in [1.29, 1.82) is 10.5 Å². The van der Waals surface area contributed by atoms with E-state index in [0.717, 1.165) is 0 Å². The lowest BCUT2D eigenvalue weighted by Gasteiger charge is -2.15. The zero-order valence-corrected chi connectivity index (χ0v) is 9.32. The third-order valence-electron chi connectivity index (χ3n) is 2.25. The monoisotopic (exact) mass is 215 g/mol. The highest BCUT2D eigenvalue weighted by molar-refractivity contribution is 5.67. The van der Waals surface area contributed by atoms with Gasteiger partial charge in [-0.15, -0.1) is 0 Å². The molecular weight excluding hydrogens is 202 g/mol. The lowest BCUT2D eigenvalue weighted by Crippen LogP contribution is -2.17. The molecule has 0 saturated carbocycles. The molecule has 0 heterocycles. The number of nitrogens with one attached hydrogen (secondary N) is 1. The van der Waals surface area contributed by atoms with E-state index in [0.29, 0.717) is 23.4 Å². The van der Waals surface area contributed by atoms with Crippen LogP contribution in [0.25, 0.3) is 0 Å². The largest absolute Gasteiger partial charge is 0.495 e. The van der Waals surface area contributed by atoms with Crippen LogP contribution in [0.4, 0.5) is 5.69 Å². The van der Waals surface area contributed by atoms with Crippen LogP contribution in [0, 0.1) is 22.7 Å². The summed E-state index contributed by atoms with van der Waals surface area (Å²) in [5.41, 5.74) is 1.06. The normalized spacial score (nSPS) is 11.0. The molecule has 82 valence electrons. The van der Waals surface area contributed by atoms with E-state index >= 15 is 0 Å². The number of benzene rings is 1. The minimum absolute atomic E-state index is 0.316. The first-order valence-corrected chi connectivity index (χ1v) is 5.00. The zero-order chi connectivity index (χ0) is 12.0. The number of para-hydroxylation sites is 1. The SMILES string of the molecule is CCC(C#N)Nc1c(C#N)cccc1OC. The number of nitriles is 2. The van der Waals surface area contributed by atoms with Gasteiger partial charge in [0.25, 0.3) is 0 Å². The Morgan fingerprint density at radius 2 is 2.19 bits per heavy atom. The molecule has 1 atom stereocenters. The van der Waals surface area contributed by atoms with E-state index in [1.54, 1.807) is 18.2 Å². The molecule has 1 N–H and O–H groups in total. The van der Waals surface area contributed by atoms with Crippen molar-refractivity contribution in [3.63, 3.8) is 0 Å². The average Bonchev–Trinajstić information content (AvgIpc) is 2.35. The molecule has 0 saturated heterocycles. The first kappa shape index (κ1) is 11.9. The van der Waals surface area contributed by atoms with Gasteiger partial charge in [0.15, 0.2) is 0 Å². The smallest absolute Gasteiger partial charge is 0.143 e. The van der Waals surface area contributed by atoms with Crippen molar-refractivity contribution in [2.24, 2.45) is 0 Å². The molecule has 0 aliphatic heterocycles. The Kier molecular flexibility index (Phi) is 4.17. The molecule has 0 fully saturated rings. The molecule has 0 radical (unpaired) electrons. The molecule has 4 nitrogen and oxygen atoms in total. The van der Waals surface area contributed by atoms with Crippen molar-refractivity contribution in [3.05, 3.63) is 23.8 Å². The first-order chi connectivity index (χ1) is 7.76. The van der Waals surface area contributed by atoms with E-state index in [1.165, 1.54) is 7.11 Å². The van der Waals surface area contributed by atoms with Gasteiger partial charge in [-0.3, -0.25) is 0 Å². The topological polar surface area (TPSA) is 68.8 Å². The third kappa shape index (κ3) is 2.43. The van der Waals surface area contributed by atoms with Gasteiger partial charge in [-0.1, -0.05) is 13.0 Å². The standard InChI is InChI=1S/C12H13N3O/c1-3-10(8-14)15-12-9(7-13)5-4-6-11(12)16-2/h4-6,10,15H,3H2,1-2H3. The number of nitrogens with zero attached hydrogens (tertiary/aromatic N) is 2. The number of methoxy groups -OCH3 is 1. The molecule has 0 aliphatic carbocycles. The Balaban J connectivity index is 3.11. The summed E-state index contributed by atoms with van der Waals surface area (Å²) < 4.78 is 5.15. The van der Waals surface area contributed by atoms with Crippen LogP contribution in [0.1, 0.15) is 18.9 Å². The number of hydrogen-bond acceptors (Lipinski definition) is 4. The van der Waals surface area contributed by atoms with E-state index in [2.05, 4.69) is 17.5 Å². The predicted molar refractivity (Wildman–Crippen MR) is 61.0 cm³/mol. The fraction of sp³-hybridized carbons (Fsp3) is 0.333. The van der Waals surface area contributed by atoms with Crippen molar-refractivity contribution in [2.75, 3.05) is 12.4 Å². The first-order valence-electron chi connectivity index (χ1n) is 5.00. The van der Waals surface area contributed by atoms with Gasteiger partial charge in [0, 0.05) is 0 Å². The van der Waals surface area contributed by atoms with E-state index in [4.69, 9.17) is 15.3 Å². The summed E-state index contributed by atoms with van der Waals surface area (Å²) in [6, 6.07) is 9.07. The van der Waals surface area contributed by atoms with E-state index in [9.17, 15) is 0 Å². The molecule has 4 heteroatoms. The maximum Gasteiger partial charge on any atom is 0.143 e. The molecule has 1 unspecified atom stereocenters. The highest BCUT2D eigenvalue weighted by Gasteiger charge is 2.12. The van der Waals surface area contributed by atoms with Gasteiger partial charge in [-0.2, -0.15) is 10.5 Å². The molecule has 0 amide bonds. The quantitative estimate of drug-likeness (QED) is 0.836. The highest BCUT2D eigenvalue weighted by atomic mass is 16.5. The van der Waals surface area contributed by atoms with Gasteiger partial charge < -0.3 is 10.1 Å². The molecular formula is C12H13N3O. The second-order valence-corrected chi connectivity index (χ2v) is 3.23. The van der Waals surface area contributed by atoms with Crippen LogP contribution < -0.4 is 10.1 Å². The van der Waals surface area contributed by atoms with Crippen LogP contribution in [-0.4, -0.2) is 13.2 Å². The minimum Gasteiger partial charge on any atom is -0.495 e. The number of hydrogen-bond donors (Lipinski definition) is 1. The molecule has 0 aromatic heterocycles. The second-order valence-electron chi connectivity index (χ2n) is 3.23. The van der Waals surface area contributed by atoms with Gasteiger partial charge in [-0.25, -0.2) is 0 Å². The molecule has 1 aromatic rings. The van der Waals surface area contributed by atoms with Gasteiger partial charge in [0.2, 0.25) is 0 Å². The van der Waals surface area contributed by atoms with Crippen molar-refractivity contribution in [2.45, 2.75) is 19.4 Å². The van der Waals surface area contributed by atoms with Crippen LogP contribution in [0.3, 0.4) is 0 Å². The van der Waals surface area contributed by atoms with Gasteiger partial charge >= 0.3 is 0 Å². The number of anilines is 1. The van der Waals surface area contributed by atoms with Gasteiger partial charge in [0.1, 0.15) is 17.9 Å². The van der Waals surface area contributed by atoms with Crippen molar-refractivity contribution < 1.29 is 4.74 Å². The Bertz CT molecular complexity index is 443. The van der Waals surface area contributed by atoms with Crippen LogP contribution in [-0.2, 0) is 0 Å². The van der Waals surface area contributed by atoms with Crippen molar-refractivity contribution in [1.82, 2.24) is 0 Å². The molecule has 1 rings (SSSR count). The predicted octanol–water partition coefficient (Wildman–Crippen LogP) is 2.28. The molecule has 0 bridgehead atoms. The average molecular weight is 215 g/mol. The highest BCUT2D eigenvalue weighted by Crippen LogP contribution is 2.28. The van der Waals surface area contributed by atoms with E-state index < -0.39 is 0 Å². The summed E-state index contributed by atoms with van der Waals surface area (Å²) in [4.78, 5) is 0. The number of ether oxygens (including phenoxy) is 1. The fourth-order valence-electron chi connectivity index (χ4n) is 1.34. The summed E-state index contributed by atoms with van der Waals surface area (Å²) in [6.07, 6.45) is 0.666. The van der Waals surface area contributed by atoms with E-state index in [-0.39, 0.29) is 6.04 Å². The van der Waals surface area contributed by atoms with Crippen LogP contribution in [0.15, 0.2) is 18.2 Å². The summed E-state index contributed by atoms with van der Waals surface area (Å²) in [6.45, 7) is 1.91. The molecule has 1 aromatic carbocycles. The zero-order valence-electron chi connectivity index (χ0n) is 9.32. The van der Waals surface area contributed by atoms with Crippen molar-refractivity contribution >= 4 is 5.69 Å². The number of rotatable bonds is 4. The van der Waals surface area contributed by atoms with Gasteiger partial charge in [0.05, 0.1) is 24.4 Å². The molecule has 0 spiro atoms. The van der Waals surface area contributed by atoms with Crippen LogP contribution >= 0.6 is 0 Å². The minimum atomic E-state index is -0.316. The van der Waals surface area contributed by atoms with E-state index in [1.807, 2.05) is 6.92 Å². The Morgan fingerprint density at radius 3 is 2.69 bits per heavy atom. The fourth-order valence-corrected chi connectivity index (χ4v) is 1.34. The lowest BCUT2D eigenvalue weighted by atomic mass is 10.1. The summed E-state index contributed by atoms with van der Waals surface area (Å²) in [7, 11) is 1.54. The Hall–Kier alpha value is -2.20. The second kappa shape index (κ2) is 5.63. The van der Waals surface area contributed by atoms with Crippen LogP contribution in [0.2, 0.25) is 0 Å². The Morgan fingerprint density at radius 1 is 1.44 bits per heavy atom. The maximum atomic E-state index is 8.97. The summed E-state index contributed by atoms with van der Waals surface area (Å²) in [5, 5.41) is 20.9. The Labute approximate surface area is 95.1 Å². The summed E-state index contributed by atoms with van der Waals surface area (Å²) in [5.74, 6) is 0.577. The molecule has 16 heavy (non-hydrogen) atoms. The summed E-state index contributed by atoms with van der Waals surface area (Å²) >= 11 is 0. The molecule has 0 aliphatic rings. The maximum absolute atomic E-state index is 8.97. The van der Waals surface area contributed by atoms with Gasteiger partial charge in [-0.05, 0) is 18.6 Å². The third-order valence-corrected chi connectivity index (χ3v) is 2.25. The lowest BCUT2D eigenvalue weighted by molar-refractivity contribution is 0.416. The van der Waals surface area contributed by atoms with Crippen LogP contribution in [0.5, 0.6) is 5.75 Å². The van der Waals surface area contributed by atoms with Crippen molar-refractivity contribution in [3.8, 4) is 17.9 Å².